The second-order valence-electron chi connectivity index (χ2n) is 6.88. The number of piperazine rings is 1. The quantitative estimate of drug-likeness (QED) is 0.812. The lowest BCUT2D eigenvalue weighted by Crippen LogP contribution is -2.52. The molecule has 1 heterocycles. The van der Waals surface area contributed by atoms with Crippen LogP contribution in [0.4, 0.5) is 14.5 Å². The number of halogens is 2. The van der Waals surface area contributed by atoms with Crippen molar-refractivity contribution >= 4 is 5.69 Å². The van der Waals surface area contributed by atoms with Crippen LogP contribution < -0.4 is 4.90 Å². The number of alkyl halides is 2. The van der Waals surface area contributed by atoms with Crippen LogP contribution in [0.15, 0.2) is 18.2 Å². The lowest BCUT2D eigenvalue weighted by molar-refractivity contribution is 0.119. The van der Waals surface area contributed by atoms with E-state index in [1.54, 1.807) is 6.07 Å². The maximum absolute atomic E-state index is 13.5. The normalized spacial score (nSPS) is 20.7. The summed E-state index contributed by atoms with van der Waals surface area (Å²) in [5.41, 5.74) is 1.92. The number of hydrogen-bond acceptors (Lipinski definition) is 2. The van der Waals surface area contributed by atoms with Crippen LogP contribution in [0.1, 0.15) is 56.6 Å². The molecule has 1 saturated carbocycles. The first kappa shape index (κ1) is 15.7. The van der Waals surface area contributed by atoms with Gasteiger partial charge in [-0.05, 0) is 36.5 Å². The Hall–Kier alpha value is -1.16. The summed E-state index contributed by atoms with van der Waals surface area (Å²) in [6.07, 6.45) is 1.56. The summed E-state index contributed by atoms with van der Waals surface area (Å²) >= 11 is 0. The van der Waals surface area contributed by atoms with Crippen LogP contribution in [0.5, 0.6) is 0 Å². The molecule has 3 rings (SSSR count). The monoisotopic (exact) mass is 308 g/mol. The Morgan fingerprint density at radius 3 is 2.23 bits per heavy atom. The molecule has 1 aliphatic carbocycles. The van der Waals surface area contributed by atoms with Crippen molar-refractivity contribution in [2.45, 2.75) is 51.5 Å². The number of anilines is 1. The standard InChI is InChI=1S/C18H26F2N2/c1-13(2)14-6-7-17(16(12-14)18(19)20)22-10-8-21(9-11-22)15-4-3-5-15/h6-7,12-13,15,18H,3-5,8-11H2,1-2H3. The highest BCUT2D eigenvalue weighted by Gasteiger charge is 2.29. The molecule has 1 saturated heterocycles. The molecule has 0 bridgehead atoms. The summed E-state index contributed by atoms with van der Waals surface area (Å²) < 4.78 is 26.9. The molecular weight excluding hydrogens is 282 g/mol. The fourth-order valence-electron chi connectivity index (χ4n) is 3.47. The molecule has 0 N–H and O–H groups in total. The number of benzene rings is 1. The van der Waals surface area contributed by atoms with Gasteiger partial charge in [-0.2, -0.15) is 0 Å². The van der Waals surface area contributed by atoms with E-state index in [4.69, 9.17) is 0 Å². The molecule has 0 radical (unpaired) electrons. The molecule has 0 spiro atoms. The third-order valence-electron chi connectivity index (χ3n) is 5.20. The highest BCUT2D eigenvalue weighted by molar-refractivity contribution is 5.56. The van der Waals surface area contributed by atoms with Gasteiger partial charge in [-0.15, -0.1) is 0 Å². The zero-order chi connectivity index (χ0) is 15.7. The average molecular weight is 308 g/mol. The molecule has 122 valence electrons. The van der Waals surface area contributed by atoms with Crippen molar-refractivity contribution in [1.82, 2.24) is 4.90 Å². The maximum atomic E-state index is 13.5. The van der Waals surface area contributed by atoms with Crippen LogP contribution in [0, 0.1) is 0 Å². The fourth-order valence-corrected chi connectivity index (χ4v) is 3.47. The van der Waals surface area contributed by atoms with Gasteiger partial charge in [0.2, 0.25) is 0 Å². The Kier molecular flexibility index (Phi) is 4.67. The summed E-state index contributed by atoms with van der Waals surface area (Å²) in [6, 6.07) is 6.35. The van der Waals surface area contributed by atoms with Crippen molar-refractivity contribution in [3.63, 3.8) is 0 Å². The SMILES string of the molecule is CC(C)c1ccc(N2CCN(C3CCC3)CC2)c(C(F)F)c1. The second-order valence-corrected chi connectivity index (χ2v) is 6.88. The predicted octanol–water partition coefficient (Wildman–Crippen LogP) is 4.42. The van der Waals surface area contributed by atoms with Crippen molar-refractivity contribution in [3.8, 4) is 0 Å². The van der Waals surface area contributed by atoms with Gasteiger partial charge in [-0.3, -0.25) is 4.90 Å². The van der Waals surface area contributed by atoms with Gasteiger partial charge in [0.05, 0.1) is 0 Å². The number of hydrogen-bond donors (Lipinski definition) is 0. The Morgan fingerprint density at radius 1 is 1.05 bits per heavy atom. The molecule has 1 aromatic rings. The van der Waals surface area contributed by atoms with Crippen LogP contribution in [0.3, 0.4) is 0 Å². The Morgan fingerprint density at radius 2 is 1.73 bits per heavy atom. The molecule has 4 heteroatoms. The lowest BCUT2D eigenvalue weighted by Gasteiger charge is -2.44. The Bertz CT molecular complexity index is 504. The van der Waals surface area contributed by atoms with Crippen molar-refractivity contribution < 1.29 is 8.78 Å². The first-order chi connectivity index (χ1) is 10.6. The minimum atomic E-state index is -2.40. The van der Waals surface area contributed by atoms with E-state index < -0.39 is 6.43 Å². The molecule has 1 aromatic carbocycles. The van der Waals surface area contributed by atoms with Crippen molar-refractivity contribution in [2.75, 3.05) is 31.1 Å². The Labute approximate surface area is 132 Å². The molecule has 2 aliphatic rings. The first-order valence-corrected chi connectivity index (χ1v) is 8.47. The summed E-state index contributed by atoms with van der Waals surface area (Å²) in [5, 5.41) is 0. The molecule has 0 aromatic heterocycles. The third-order valence-corrected chi connectivity index (χ3v) is 5.20. The molecule has 2 nitrogen and oxygen atoms in total. The van der Waals surface area contributed by atoms with E-state index in [1.807, 2.05) is 26.0 Å². The molecule has 22 heavy (non-hydrogen) atoms. The largest absolute Gasteiger partial charge is 0.369 e. The van der Waals surface area contributed by atoms with E-state index >= 15 is 0 Å². The van der Waals surface area contributed by atoms with E-state index in [-0.39, 0.29) is 11.5 Å². The third kappa shape index (κ3) is 3.12. The minimum Gasteiger partial charge on any atom is -0.369 e. The lowest BCUT2D eigenvalue weighted by atomic mass is 9.91. The maximum Gasteiger partial charge on any atom is 0.265 e. The summed E-state index contributed by atoms with van der Waals surface area (Å²) in [6.45, 7) is 7.80. The fraction of sp³-hybridized carbons (Fsp3) is 0.667. The van der Waals surface area contributed by atoms with Crippen molar-refractivity contribution in [1.29, 1.82) is 0 Å². The zero-order valence-corrected chi connectivity index (χ0v) is 13.6. The molecule has 0 atom stereocenters. The van der Waals surface area contributed by atoms with Crippen molar-refractivity contribution in [3.05, 3.63) is 29.3 Å². The van der Waals surface area contributed by atoms with Gasteiger partial charge in [0.1, 0.15) is 0 Å². The van der Waals surface area contributed by atoms with Gasteiger partial charge < -0.3 is 4.90 Å². The van der Waals surface area contributed by atoms with Crippen LogP contribution in [-0.4, -0.2) is 37.1 Å². The van der Waals surface area contributed by atoms with Gasteiger partial charge in [-0.25, -0.2) is 8.78 Å². The van der Waals surface area contributed by atoms with Crippen LogP contribution in [0.25, 0.3) is 0 Å². The molecule has 1 aliphatic heterocycles. The van der Waals surface area contributed by atoms with Gasteiger partial charge in [0, 0.05) is 43.5 Å². The summed E-state index contributed by atoms with van der Waals surface area (Å²) in [5.74, 6) is 0.280. The van der Waals surface area contributed by atoms with Crippen molar-refractivity contribution in [2.24, 2.45) is 0 Å². The summed E-state index contributed by atoms with van der Waals surface area (Å²) in [7, 11) is 0. The molecule has 2 fully saturated rings. The smallest absolute Gasteiger partial charge is 0.265 e. The summed E-state index contributed by atoms with van der Waals surface area (Å²) in [4.78, 5) is 4.67. The van der Waals surface area contributed by atoms with Gasteiger partial charge in [-0.1, -0.05) is 26.3 Å². The van der Waals surface area contributed by atoms with E-state index in [1.165, 1.54) is 19.3 Å². The minimum absolute atomic E-state index is 0.197. The van der Waals surface area contributed by atoms with E-state index in [0.717, 1.165) is 43.5 Å². The zero-order valence-electron chi connectivity index (χ0n) is 13.6. The molecule has 0 amide bonds. The molecule has 0 unspecified atom stereocenters. The number of rotatable bonds is 4. The van der Waals surface area contributed by atoms with E-state index in [0.29, 0.717) is 0 Å². The highest BCUT2D eigenvalue weighted by atomic mass is 19.3. The first-order valence-electron chi connectivity index (χ1n) is 8.47. The average Bonchev–Trinajstić information content (AvgIpc) is 2.45. The molecular formula is C18H26F2N2. The van der Waals surface area contributed by atoms with Crippen LogP contribution >= 0.6 is 0 Å². The van der Waals surface area contributed by atoms with Gasteiger partial charge in [0.25, 0.3) is 6.43 Å². The predicted molar refractivity (Wildman–Crippen MR) is 86.9 cm³/mol. The van der Waals surface area contributed by atoms with Gasteiger partial charge >= 0.3 is 0 Å². The van der Waals surface area contributed by atoms with E-state index in [2.05, 4.69) is 9.80 Å². The van der Waals surface area contributed by atoms with Gasteiger partial charge in [0.15, 0.2) is 0 Å². The highest BCUT2D eigenvalue weighted by Crippen LogP contribution is 2.34. The second kappa shape index (κ2) is 6.53. The Balaban J connectivity index is 1.74. The van der Waals surface area contributed by atoms with Crippen LogP contribution in [-0.2, 0) is 0 Å². The van der Waals surface area contributed by atoms with E-state index in [9.17, 15) is 8.78 Å². The topological polar surface area (TPSA) is 6.48 Å². The number of nitrogens with zero attached hydrogens (tertiary/aromatic N) is 2. The van der Waals surface area contributed by atoms with Crippen LogP contribution in [0.2, 0.25) is 0 Å².